The van der Waals surface area contributed by atoms with Crippen LogP contribution in [0, 0.1) is 5.92 Å². The minimum atomic E-state index is -3.56. The lowest BCUT2D eigenvalue weighted by Crippen LogP contribution is -2.40. The van der Waals surface area contributed by atoms with Crippen LogP contribution >= 0.6 is 0 Å². The Hall–Kier alpha value is -1.60. The van der Waals surface area contributed by atoms with Gasteiger partial charge >= 0.3 is 5.97 Å². The number of likely N-dealkylation sites (N-methyl/N-ethyl adjacent to an activating group) is 1. The number of piperidine rings is 1. The van der Waals surface area contributed by atoms with E-state index in [4.69, 9.17) is 5.11 Å². The van der Waals surface area contributed by atoms with Gasteiger partial charge in [-0.2, -0.15) is 4.31 Å². The van der Waals surface area contributed by atoms with E-state index in [1.807, 2.05) is 13.1 Å². The number of hydrogen-bond donors (Lipinski definition) is 1. The Kier molecular flexibility index (Phi) is 4.33. The zero-order chi connectivity index (χ0) is 16.6. The molecule has 1 saturated heterocycles. The molecule has 1 unspecified atom stereocenters. The Bertz CT molecular complexity index is 717. The third kappa shape index (κ3) is 3.21. The van der Waals surface area contributed by atoms with Crippen LogP contribution in [0.15, 0.2) is 23.1 Å². The highest BCUT2D eigenvalue weighted by atomic mass is 32.2. The molecule has 0 saturated carbocycles. The molecular weight excluding hydrogens is 316 g/mol. The number of hydrogen-bond acceptors (Lipinski definition) is 4. The van der Waals surface area contributed by atoms with Crippen molar-refractivity contribution in [1.29, 1.82) is 0 Å². The van der Waals surface area contributed by atoms with Gasteiger partial charge < -0.3 is 10.0 Å². The number of benzene rings is 1. The summed E-state index contributed by atoms with van der Waals surface area (Å²) in [7, 11) is -1.60. The van der Waals surface area contributed by atoms with Crippen molar-refractivity contribution in [2.45, 2.75) is 30.6 Å². The lowest BCUT2D eigenvalue weighted by molar-refractivity contribution is -0.138. The highest BCUT2D eigenvalue weighted by Gasteiger charge is 2.32. The summed E-state index contributed by atoms with van der Waals surface area (Å²) in [5.41, 5.74) is 2.15. The van der Waals surface area contributed by atoms with E-state index in [1.54, 1.807) is 12.1 Å². The molecule has 1 atom stereocenters. The summed E-state index contributed by atoms with van der Waals surface area (Å²) in [6.07, 6.45) is 2.45. The summed E-state index contributed by atoms with van der Waals surface area (Å²) >= 11 is 0. The first-order chi connectivity index (χ1) is 10.9. The zero-order valence-electron chi connectivity index (χ0n) is 13.2. The molecule has 0 radical (unpaired) electrons. The summed E-state index contributed by atoms with van der Waals surface area (Å²) in [4.78, 5) is 13.3. The Balaban J connectivity index is 1.84. The molecule has 1 aromatic rings. The average Bonchev–Trinajstić information content (AvgIpc) is 2.88. The van der Waals surface area contributed by atoms with Crippen LogP contribution < -0.4 is 4.90 Å². The van der Waals surface area contributed by atoms with E-state index in [0.717, 1.165) is 25.1 Å². The van der Waals surface area contributed by atoms with Crippen molar-refractivity contribution >= 4 is 21.7 Å². The van der Waals surface area contributed by atoms with Crippen molar-refractivity contribution in [1.82, 2.24) is 4.31 Å². The fraction of sp³-hybridized carbons (Fsp3) is 0.562. The maximum Gasteiger partial charge on any atom is 0.303 e. The van der Waals surface area contributed by atoms with E-state index in [-0.39, 0.29) is 12.3 Å². The van der Waals surface area contributed by atoms with Gasteiger partial charge in [0.15, 0.2) is 0 Å². The molecule has 2 aliphatic heterocycles. The Morgan fingerprint density at radius 3 is 2.87 bits per heavy atom. The third-order valence-corrected chi connectivity index (χ3v) is 6.63. The van der Waals surface area contributed by atoms with E-state index in [2.05, 4.69) is 4.90 Å². The molecule has 7 heteroatoms. The fourth-order valence-electron chi connectivity index (χ4n) is 3.49. The van der Waals surface area contributed by atoms with Gasteiger partial charge in [0.1, 0.15) is 0 Å². The molecule has 0 amide bonds. The highest BCUT2D eigenvalue weighted by molar-refractivity contribution is 7.89. The van der Waals surface area contributed by atoms with Gasteiger partial charge in [0, 0.05) is 38.8 Å². The molecule has 126 valence electrons. The summed E-state index contributed by atoms with van der Waals surface area (Å²) in [6, 6.07) is 5.32. The van der Waals surface area contributed by atoms with Crippen molar-refractivity contribution in [3.8, 4) is 0 Å². The molecule has 0 aromatic heterocycles. The number of carboxylic acids is 1. The van der Waals surface area contributed by atoms with Gasteiger partial charge in [0.2, 0.25) is 10.0 Å². The number of fused-ring (bicyclic) bond motifs is 1. The maximum atomic E-state index is 12.9. The zero-order valence-corrected chi connectivity index (χ0v) is 14.1. The third-order valence-electron chi connectivity index (χ3n) is 4.77. The van der Waals surface area contributed by atoms with Gasteiger partial charge in [-0.15, -0.1) is 0 Å². The first-order valence-corrected chi connectivity index (χ1v) is 9.38. The first-order valence-electron chi connectivity index (χ1n) is 7.94. The van der Waals surface area contributed by atoms with E-state index in [1.165, 1.54) is 9.87 Å². The van der Waals surface area contributed by atoms with Crippen LogP contribution in [-0.4, -0.2) is 50.5 Å². The second-order valence-electron chi connectivity index (χ2n) is 6.43. The van der Waals surface area contributed by atoms with Crippen LogP contribution in [0.4, 0.5) is 5.69 Å². The molecule has 0 bridgehead atoms. The molecular formula is C16H22N2O4S. The molecule has 1 aromatic carbocycles. The van der Waals surface area contributed by atoms with E-state index in [9.17, 15) is 13.2 Å². The van der Waals surface area contributed by atoms with Crippen LogP contribution in [0.2, 0.25) is 0 Å². The van der Waals surface area contributed by atoms with Crippen LogP contribution in [0.25, 0.3) is 0 Å². The molecule has 1 N–H and O–H groups in total. The number of nitrogens with zero attached hydrogens (tertiary/aromatic N) is 2. The first kappa shape index (κ1) is 16.3. The van der Waals surface area contributed by atoms with Gasteiger partial charge in [-0.1, -0.05) is 6.07 Å². The van der Waals surface area contributed by atoms with Crippen molar-refractivity contribution in [3.05, 3.63) is 23.8 Å². The smallest absolute Gasteiger partial charge is 0.303 e. The number of rotatable bonds is 4. The van der Waals surface area contributed by atoms with Crippen molar-refractivity contribution < 1.29 is 18.3 Å². The number of carbonyl (C=O) groups is 1. The average molecular weight is 338 g/mol. The lowest BCUT2D eigenvalue weighted by Gasteiger charge is -2.31. The van der Waals surface area contributed by atoms with Crippen LogP contribution in [0.1, 0.15) is 24.8 Å². The molecule has 1 fully saturated rings. The SMILES string of the molecule is CN1CCc2ccc(S(=O)(=O)N3CCCC(CC(=O)O)C3)cc21. The van der Waals surface area contributed by atoms with Gasteiger partial charge in [0.05, 0.1) is 4.90 Å². The summed E-state index contributed by atoms with van der Waals surface area (Å²) in [5.74, 6) is -0.971. The van der Waals surface area contributed by atoms with Crippen LogP contribution in [0.5, 0.6) is 0 Å². The minimum absolute atomic E-state index is 0.0267. The summed E-state index contributed by atoms with van der Waals surface area (Å²) in [5, 5.41) is 8.93. The molecule has 2 aliphatic rings. The quantitative estimate of drug-likeness (QED) is 0.901. The largest absolute Gasteiger partial charge is 0.481 e. The standard InChI is InChI=1S/C16H22N2O4S/c1-17-8-6-13-4-5-14(10-15(13)17)23(21,22)18-7-2-3-12(11-18)9-16(19)20/h4-5,10,12H,2-3,6-9,11H2,1H3,(H,19,20). The normalized spacial score (nSPS) is 22.1. The topological polar surface area (TPSA) is 77.9 Å². The van der Waals surface area contributed by atoms with Gasteiger partial charge in [-0.3, -0.25) is 4.79 Å². The second-order valence-corrected chi connectivity index (χ2v) is 8.37. The molecule has 0 aliphatic carbocycles. The predicted molar refractivity (Wildman–Crippen MR) is 87.2 cm³/mol. The Morgan fingerprint density at radius 2 is 2.13 bits per heavy atom. The fourth-order valence-corrected chi connectivity index (χ4v) is 5.06. The molecule has 0 spiro atoms. The van der Waals surface area contributed by atoms with E-state index < -0.39 is 16.0 Å². The molecule has 3 rings (SSSR count). The van der Waals surface area contributed by atoms with Gasteiger partial charge in [0.25, 0.3) is 0 Å². The summed E-state index contributed by atoms with van der Waals surface area (Å²) in [6.45, 7) is 1.66. The summed E-state index contributed by atoms with van der Waals surface area (Å²) < 4.78 is 27.2. The van der Waals surface area contributed by atoms with Gasteiger partial charge in [-0.05, 0) is 42.9 Å². The van der Waals surface area contributed by atoms with Crippen molar-refractivity contribution in [2.75, 3.05) is 31.6 Å². The predicted octanol–water partition coefficient (Wildman–Crippen LogP) is 1.55. The van der Waals surface area contributed by atoms with Crippen LogP contribution in [-0.2, 0) is 21.2 Å². The molecule has 23 heavy (non-hydrogen) atoms. The van der Waals surface area contributed by atoms with Crippen molar-refractivity contribution in [3.63, 3.8) is 0 Å². The molecule has 6 nitrogen and oxygen atoms in total. The Morgan fingerprint density at radius 1 is 1.35 bits per heavy atom. The van der Waals surface area contributed by atoms with Crippen molar-refractivity contribution in [2.24, 2.45) is 5.92 Å². The second kappa shape index (κ2) is 6.13. The monoisotopic (exact) mass is 338 g/mol. The van der Waals surface area contributed by atoms with Gasteiger partial charge in [-0.25, -0.2) is 8.42 Å². The number of anilines is 1. The van der Waals surface area contributed by atoms with E-state index >= 15 is 0 Å². The number of carboxylic acid groups (broad SMARTS) is 1. The maximum absolute atomic E-state index is 12.9. The number of sulfonamides is 1. The lowest BCUT2D eigenvalue weighted by atomic mass is 9.96. The minimum Gasteiger partial charge on any atom is -0.481 e. The Labute approximate surface area is 136 Å². The van der Waals surface area contributed by atoms with E-state index in [0.29, 0.717) is 24.4 Å². The number of aliphatic carboxylic acids is 1. The highest BCUT2D eigenvalue weighted by Crippen LogP contribution is 2.32. The molecule has 2 heterocycles. The van der Waals surface area contributed by atoms with Crippen LogP contribution in [0.3, 0.4) is 0 Å².